The van der Waals surface area contributed by atoms with Crippen molar-refractivity contribution in [2.45, 2.75) is 130 Å². The number of rotatable bonds is 30. The van der Waals surface area contributed by atoms with Crippen molar-refractivity contribution in [2.75, 3.05) is 58.7 Å². The van der Waals surface area contributed by atoms with E-state index in [1.54, 1.807) is 204 Å². The fourth-order valence-corrected chi connectivity index (χ4v) is 21.8. The normalized spacial score (nSPS) is 13.5. The van der Waals surface area contributed by atoms with E-state index in [0.717, 1.165) is 64.2 Å². The fraction of sp³-hybridized carbons (Fsp3) is 0.226. The molecule has 708 valence electrons. The number of ether oxygens (including phenoxy) is 1. The summed E-state index contributed by atoms with van der Waals surface area (Å²) in [5.41, 5.74) is 25.8. The molecule has 0 aliphatic heterocycles. The molecule has 2 saturated carbocycles. The number of nitrogens with one attached hydrogen (secondary N) is 5. The van der Waals surface area contributed by atoms with Crippen molar-refractivity contribution in [3.05, 3.63) is 313 Å². The standard InChI is InChI=1S/C24H30N6O4S.C24H24N6O4S.C23H28N6O3S.C22H20N6O4S/c1-3-29(17-10-6-4-7-11-17)35(32,33)21-15-14-19(34-2)16-20(21)26-27-22-23(25)28-30(24(22)31)18-12-8-5-9-13-18;1-2-29(19-12-8-9-17(15-19)16-31)35(33,34)21-14-7-6-13-20(21)26-27-22-23(25)28-30(24(22)32)18-10-4-3-5-11-18;1-2-28(17-11-5-3-6-12-17)33(31,32)20-16-10-9-15-19(20)25-26-21-22(24)27-29(23(21)30)18-13-7-4-8-14-18;23-21-20(22(30)28(26-21)17-9-2-1-3-10-17)25-24-18-11-4-5-12-19(18)33(31,32)27-16-8-6-7-15(13-16)14-29/h5,8-9,12-17,28H,3-4,6-7,10-11,25H2,1-2H3;3-15,28,31H,2,16,25H2,1H3;4,7-10,13-17,27H,2-3,5-6,11-12,24H2,1H3;1-13,26-27,29H,14,23H2. The number of anilines is 6. The van der Waals surface area contributed by atoms with Crippen LogP contribution in [-0.4, -0.2) is 130 Å². The smallest absolute Gasteiger partial charge is 0.301 e. The predicted molar refractivity (Wildman–Crippen MR) is 521 cm³/mol. The van der Waals surface area contributed by atoms with Gasteiger partial charge in [0.25, 0.3) is 20.0 Å². The number of aromatic amines is 4. The Morgan fingerprint density at radius 2 is 0.684 bits per heavy atom. The average Bonchev–Trinajstić information content (AvgIpc) is 1.02. The molecule has 2 fully saturated rings. The van der Waals surface area contributed by atoms with Gasteiger partial charge >= 0.3 is 22.2 Å². The van der Waals surface area contributed by atoms with Gasteiger partial charge in [0.15, 0.2) is 22.7 Å². The molecule has 0 saturated heterocycles. The number of benzene rings is 10. The van der Waals surface area contributed by atoms with Crippen molar-refractivity contribution < 1.29 is 48.6 Å². The van der Waals surface area contributed by atoms with Gasteiger partial charge in [-0.25, -0.2) is 52.4 Å². The Bertz CT molecular complexity index is 7400. The Morgan fingerprint density at radius 3 is 1.04 bits per heavy atom. The lowest BCUT2D eigenvalue weighted by molar-refractivity contribution is 0.261. The van der Waals surface area contributed by atoms with Gasteiger partial charge in [-0.3, -0.25) is 48.6 Å². The molecular formula is C93H102N24O15S4. The Kier molecular flexibility index (Phi) is 32.3. The predicted octanol–water partition coefficient (Wildman–Crippen LogP) is 16.3. The van der Waals surface area contributed by atoms with E-state index in [4.69, 9.17) is 27.7 Å². The first kappa shape index (κ1) is 98.4. The monoisotopic (exact) mass is 1920 g/mol. The van der Waals surface area contributed by atoms with Crippen LogP contribution in [0.2, 0.25) is 0 Å². The molecule has 15 N–H and O–H groups in total. The minimum Gasteiger partial charge on any atom is -0.497 e. The maximum absolute atomic E-state index is 13.7. The molecule has 4 aromatic heterocycles. The number of methoxy groups -OCH3 is 1. The van der Waals surface area contributed by atoms with Gasteiger partial charge < -0.3 is 37.9 Å². The molecule has 39 nitrogen and oxygen atoms in total. The number of hydrogen-bond donors (Lipinski definition) is 11. The van der Waals surface area contributed by atoms with Crippen molar-refractivity contribution in [3.63, 3.8) is 0 Å². The average molecular weight is 1920 g/mol. The second-order valence-electron chi connectivity index (χ2n) is 30.9. The zero-order chi connectivity index (χ0) is 96.9. The number of hydrogen-bond acceptors (Lipinski definition) is 27. The molecule has 2 aliphatic rings. The molecule has 10 aromatic carbocycles. The van der Waals surface area contributed by atoms with E-state index >= 15 is 0 Å². The zero-order valence-electron chi connectivity index (χ0n) is 74.4. The summed E-state index contributed by atoms with van der Waals surface area (Å²) in [7, 11) is -14.3. The molecule has 0 amide bonds. The number of aliphatic hydroxyl groups is 2. The van der Waals surface area contributed by atoms with Gasteiger partial charge in [0, 0.05) is 43.5 Å². The second-order valence-corrected chi connectivity index (χ2v) is 38.1. The first-order valence-electron chi connectivity index (χ1n) is 43.3. The summed E-state index contributed by atoms with van der Waals surface area (Å²) in [6.07, 6.45) is 9.70. The highest BCUT2D eigenvalue weighted by Gasteiger charge is 2.36. The summed E-state index contributed by atoms with van der Waals surface area (Å²) in [5.74, 6) is 0.478. The summed E-state index contributed by atoms with van der Waals surface area (Å²) in [6.45, 7) is 5.84. The lowest BCUT2D eigenvalue weighted by Gasteiger charge is -2.32. The lowest BCUT2D eigenvalue weighted by Crippen LogP contribution is -2.41. The van der Waals surface area contributed by atoms with Crippen molar-refractivity contribution >= 4 is 120 Å². The number of para-hydroxylation sites is 4. The Morgan fingerprint density at radius 1 is 0.360 bits per heavy atom. The van der Waals surface area contributed by atoms with Gasteiger partial charge in [-0.2, -0.15) is 8.61 Å². The van der Waals surface area contributed by atoms with Gasteiger partial charge in [-0.15, -0.1) is 40.9 Å². The Labute approximate surface area is 783 Å². The van der Waals surface area contributed by atoms with Crippen LogP contribution < -0.4 is 58.9 Å². The van der Waals surface area contributed by atoms with Crippen LogP contribution in [0.1, 0.15) is 96.1 Å². The number of sulfonamides is 4. The highest BCUT2D eigenvalue weighted by molar-refractivity contribution is 7.93. The van der Waals surface area contributed by atoms with Crippen LogP contribution in [0.15, 0.2) is 341 Å². The minimum atomic E-state index is -4.05. The van der Waals surface area contributed by atoms with Gasteiger partial charge in [-0.05, 0) is 165 Å². The summed E-state index contributed by atoms with van der Waals surface area (Å²) in [4.78, 5) is 51.2. The molecule has 14 aromatic rings. The lowest BCUT2D eigenvalue weighted by atomic mass is 9.95. The van der Waals surface area contributed by atoms with Crippen molar-refractivity contribution in [1.29, 1.82) is 0 Å². The molecule has 136 heavy (non-hydrogen) atoms. The molecule has 0 bridgehead atoms. The Hall–Kier alpha value is -15.1. The quantitative estimate of drug-likeness (QED) is 0.0186. The first-order chi connectivity index (χ1) is 65.5. The Balaban J connectivity index is 0.000000153. The molecule has 43 heteroatoms. The maximum atomic E-state index is 13.7. The topological polar surface area (TPSA) is 562 Å². The fourth-order valence-electron chi connectivity index (χ4n) is 15.4. The van der Waals surface area contributed by atoms with Crippen LogP contribution in [-0.2, 0) is 53.3 Å². The highest BCUT2D eigenvalue weighted by Crippen LogP contribution is 2.39. The maximum Gasteiger partial charge on any atom is 0.301 e. The zero-order valence-corrected chi connectivity index (χ0v) is 77.7. The second kappa shape index (κ2) is 44.6. The molecule has 0 radical (unpaired) electrons. The molecule has 16 rings (SSSR count). The summed E-state index contributed by atoms with van der Waals surface area (Å²) in [6, 6.07) is 71.5. The van der Waals surface area contributed by atoms with Crippen LogP contribution >= 0.6 is 0 Å². The minimum absolute atomic E-state index is 0.000977. The van der Waals surface area contributed by atoms with E-state index < -0.39 is 62.3 Å². The van der Waals surface area contributed by atoms with Gasteiger partial charge in [0.1, 0.15) is 71.4 Å². The van der Waals surface area contributed by atoms with Gasteiger partial charge in [-0.1, -0.05) is 186 Å². The van der Waals surface area contributed by atoms with E-state index in [-0.39, 0.29) is 126 Å². The van der Waals surface area contributed by atoms with E-state index in [0.29, 0.717) is 58.4 Å². The van der Waals surface area contributed by atoms with Gasteiger partial charge in [0.05, 0.1) is 48.8 Å². The molecule has 0 atom stereocenters. The van der Waals surface area contributed by atoms with Crippen LogP contribution in [0.25, 0.3) is 22.7 Å². The van der Waals surface area contributed by atoms with Crippen LogP contribution in [0.5, 0.6) is 5.75 Å². The van der Waals surface area contributed by atoms with E-state index in [1.807, 2.05) is 38.1 Å². The number of H-pyrrole nitrogens is 4. The van der Waals surface area contributed by atoms with Crippen molar-refractivity contribution in [2.24, 2.45) is 40.9 Å². The summed E-state index contributed by atoms with van der Waals surface area (Å²) < 4.78 is 125. The number of nitrogen functional groups attached to an aromatic ring is 4. The van der Waals surface area contributed by atoms with Crippen LogP contribution in [0, 0.1) is 0 Å². The number of aromatic nitrogens is 8. The van der Waals surface area contributed by atoms with E-state index in [1.165, 1.54) is 78.7 Å². The third kappa shape index (κ3) is 22.7. The van der Waals surface area contributed by atoms with Crippen molar-refractivity contribution in [3.8, 4) is 28.5 Å². The third-order valence-electron chi connectivity index (χ3n) is 22.1. The molecule has 0 spiro atoms. The third-order valence-corrected chi connectivity index (χ3v) is 29.6. The van der Waals surface area contributed by atoms with Crippen molar-refractivity contribution in [1.82, 2.24) is 47.7 Å². The largest absolute Gasteiger partial charge is 0.497 e. The number of nitrogens with zero attached hydrogens (tertiary/aromatic N) is 15. The highest BCUT2D eigenvalue weighted by atomic mass is 32.2. The summed E-state index contributed by atoms with van der Waals surface area (Å²) in [5, 5.41) is 62.2. The van der Waals surface area contributed by atoms with E-state index in [9.17, 15) is 63.1 Å². The first-order valence-corrected chi connectivity index (χ1v) is 49.1. The van der Waals surface area contributed by atoms with E-state index in [2.05, 4.69) is 66.0 Å². The molecule has 4 heterocycles. The van der Waals surface area contributed by atoms with Gasteiger partial charge in [0.2, 0.25) is 20.0 Å². The number of nitrogens with two attached hydrogens (primary N) is 4. The molecular weight excluding hydrogens is 1820 g/mol. The van der Waals surface area contributed by atoms with Crippen LogP contribution in [0.4, 0.5) is 80.1 Å². The number of azo groups is 4. The molecule has 0 unspecified atom stereocenters. The van der Waals surface area contributed by atoms with Crippen LogP contribution in [0.3, 0.4) is 0 Å². The summed E-state index contributed by atoms with van der Waals surface area (Å²) >= 11 is 0. The SMILES string of the molecule is CCN(C1CCCCC1)S(=O)(=O)c1ccc(OC)cc1N=Nc1c(N)[nH]n(-c2ccccc2)c1=O.CCN(C1CCCCC1)S(=O)(=O)c1ccccc1N=Nc1c(N)[nH]n(-c2ccccc2)c1=O.CCN(c1cccc(CO)c1)S(=O)(=O)c1ccccc1N=Nc1c(N)[nH]n(-c2ccccc2)c1=O.Nc1[nH]n(-c2ccccc2)c(=O)c1N=Nc1ccccc1S(=O)(=O)Nc1cccc(CO)c1. The molecule has 2 aliphatic carbocycles. The number of aliphatic hydroxyl groups excluding tert-OH is 2.